The molecule has 1 fully saturated rings. The topological polar surface area (TPSA) is 108 Å². The molecule has 0 aliphatic carbocycles. The lowest BCUT2D eigenvalue weighted by Gasteiger charge is -2.35. The summed E-state index contributed by atoms with van der Waals surface area (Å²) in [5, 5.41) is 10.1. The highest BCUT2D eigenvalue weighted by molar-refractivity contribution is 6.30. The van der Waals surface area contributed by atoms with Crippen molar-refractivity contribution in [2.75, 3.05) is 27.4 Å². The lowest BCUT2D eigenvalue weighted by Crippen LogP contribution is -2.36. The number of hydrogen-bond acceptors (Lipinski definition) is 8. The van der Waals surface area contributed by atoms with Crippen LogP contribution in [-0.2, 0) is 37.0 Å². The van der Waals surface area contributed by atoms with Crippen molar-refractivity contribution in [3.63, 3.8) is 0 Å². The summed E-state index contributed by atoms with van der Waals surface area (Å²) >= 11 is 6.04. The minimum absolute atomic E-state index is 0.0449. The summed E-state index contributed by atoms with van der Waals surface area (Å²) in [6.45, 7) is 3.58. The number of alkyl halides is 3. The number of rotatable bonds is 10. The molecule has 0 amide bonds. The van der Waals surface area contributed by atoms with Crippen molar-refractivity contribution in [1.82, 2.24) is 19.4 Å². The summed E-state index contributed by atoms with van der Waals surface area (Å²) in [7, 11) is 2.90. The van der Waals surface area contributed by atoms with Crippen LogP contribution in [0.15, 0.2) is 36.4 Å². The first-order valence-electron chi connectivity index (χ1n) is 14.7. The van der Waals surface area contributed by atoms with E-state index in [1.807, 2.05) is 11.5 Å². The Bertz CT molecular complexity index is 1790. The Balaban J connectivity index is 1.33. The van der Waals surface area contributed by atoms with E-state index in [2.05, 4.69) is 9.88 Å². The van der Waals surface area contributed by atoms with Crippen LogP contribution in [0.5, 0.6) is 17.4 Å². The van der Waals surface area contributed by atoms with Gasteiger partial charge in [0.15, 0.2) is 0 Å². The SMILES string of the molecule is COc1cc(Cl)ccc1COc1nc2c(cc1C(F)(F)F)CCN(Cc1nc3c(OC)cc(C(=O)O)cc3n1C[C@@H]1CCO1)[C@H]2C. The number of ether oxygens (including phenoxy) is 4. The normalized spacial score (nSPS) is 18.2. The van der Waals surface area contributed by atoms with Gasteiger partial charge in [0.05, 0.1) is 56.2 Å². The minimum atomic E-state index is -4.68. The van der Waals surface area contributed by atoms with Crippen LogP contribution in [-0.4, -0.2) is 64.0 Å². The molecule has 1 N–H and O–H groups in total. The summed E-state index contributed by atoms with van der Waals surface area (Å²) < 4.78 is 66.7. The van der Waals surface area contributed by atoms with Gasteiger partial charge in [-0.1, -0.05) is 17.7 Å². The third-order valence-electron chi connectivity index (χ3n) is 8.52. The molecule has 2 atom stereocenters. The van der Waals surface area contributed by atoms with Gasteiger partial charge in [-0.05, 0) is 55.7 Å². The molecule has 1 saturated heterocycles. The van der Waals surface area contributed by atoms with Gasteiger partial charge in [-0.25, -0.2) is 14.8 Å². The lowest BCUT2D eigenvalue weighted by atomic mass is 9.97. The second-order valence-electron chi connectivity index (χ2n) is 11.3. The summed E-state index contributed by atoms with van der Waals surface area (Å²) in [6, 6.07) is 8.56. The Hall–Kier alpha value is -4.07. The Kier molecular flexibility index (Phi) is 8.75. The van der Waals surface area contributed by atoms with Gasteiger partial charge in [-0.15, -0.1) is 0 Å². The van der Waals surface area contributed by atoms with Crippen LogP contribution in [0, 0.1) is 0 Å². The molecule has 2 aliphatic heterocycles. The molecule has 4 aromatic rings. The van der Waals surface area contributed by atoms with Crippen molar-refractivity contribution >= 4 is 28.6 Å². The number of carbonyl (C=O) groups is 1. The number of halogens is 4. The molecule has 0 saturated carbocycles. The Morgan fingerprint density at radius 1 is 1.13 bits per heavy atom. The number of hydrogen-bond donors (Lipinski definition) is 1. The molecular formula is C32H32ClF3N4O6. The van der Waals surface area contributed by atoms with E-state index in [-0.39, 0.29) is 24.3 Å². The van der Waals surface area contributed by atoms with Crippen LogP contribution in [0.2, 0.25) is 5.02 Å². The fourth-order valence-corrected chi connectivity index (χ4v) is 6.08. The Morgan fingerprint density at radius 3 is 2.54 bits per heavy atom. The van der Waals surface area contributed by atoms with Gasteiger partial charge >= 0.3 is 12.1 Å². The lowest BCUT2D eigenvalue weighted by molar-refractivity contribution is -0.139. The third-order valence-corrected chi connectivity index (χ3v) is 8.75. The predicted molar refractivity (Wildman–Crippen MR) is 162 cm³/mol. The average Bonchev–Trinajstić information content (AvgIpc) is 3.34. The third kappa shape index (κ3) is 6.18. The molecule has 2 aliphatic rings. The van der Waals surface area contributed by atoms with Crippen molar-refractivity contribution in [3.05, 3.63) is 75.2 Å². The Labute approximate surface area is 267 Å². The number of pyridine rings is 1. The number of carboxylic acid groups (broad SMARTS) is 1. The van der Waals surface area contributed by atoms with Gasteiger partial charge in [-0.3, -0.25) is 4.90 Å². The van der Waals surface area contributed by atoms with Crippen molar-refractivity contribution in [3.8, 4) is 17.4 Å². The number of imidazole rings is 1. The maximum Gasteiger partial charge on any atom is 0.421 e. The monoisotopic (exact) mass is 660 g/mol. The zero-order chi connectivity index (χ0) is 32.7. The zero-order valence-electron chi connectivity index (χ0n) is 25.4. The molecule has 6 rings (SSSR count). The minimum Gasteiger partial charge on any atom is -0.496 e. The predicted octanol–water partition coefficient (Wildman–Crippen LogP) is 6.31. The number of aromatic nitrogens is 3. The molecule has 46 heavy (non-hydrogen) atoms. The number of nitrogens with zero attached hydrogens (tertiary/aromatic N) is 4. The van der Waals surface area contributed by atoms with Crippen molar-refractivity contribution in [1.29, 1.82) is 0 Å². The largest absolute Gasteiger partial charge is 0.496 e. The summed E-state index contributed by atoms with van der Waals surface area (Å²) in [5.41, 5.74) is 1.75. The van der Waals surface area contributed by atoms with E-state index in [0.717, 1.165) is 12.5 Å². The van der Waals surface area contributed by atoms with Crippen molar-refractivity contribution in [2.24, 2.45) is 0 Å². The van der Waals surface area contributed by atoms with Crippen LogP contribution < -0.4 is 14.2 Å². The molecule has 4 heterocycles. The van der Waals surface area contributed by atoms with E-state index >= 15 is 0 Å². The second kappa shape index (κ2) is 12.6. The van der Waals surface area contributed by atoms with Crippen LogP contribution in [0.4, 0.5) is 13.2 Å². The summed E-state index contributed by atoms with van der Waals surface area (Å²) in [6.07, 6.45) is -3.53. The maximum absolute atomic E-state index is 14.2. The van der Waals surface area contributed by atoms with Crippen LogP contribution in [0.3, 0.4) is 0 Å². The van der Waals surface area contributed by atoms with Crippen molar-refractivity contribution < 1.29 is 42.0 Å². The first-order chi connectivity index (χ1) is 22.0. The van der Waals surface area contributed by atoms with Gasteiger partial charge in [0.25, 0.3) is 0 Å². The highest BCUT2D eigenvalue weighted by Crippen LogP contribution is 2.41. The molecule has 0 radical (unpaired) electrons. The van der Waals surface area contributed by atoms with E-state index in [4.69, 9.17) is 35.5 Å². The highest BCUT2D eigenvalue weighted by Gasteiger charge is 2.39. The van der Waals surface area contributed by atoms with Crippen molar-refractivity contribution in [2.45, 2.75) is 57.8 Å². The molecule has 2 aromatic carbocycles. The average molecular weight is 661 g/mol. The molecule has 0 spiro atoms. The van der Waals surface area contributed by atoms with E-state index in [1.165, 1.54) is 20.3 Å². The summed E-state index contributed by atoms with van der Waals surface area (Å²) in [5.74, 6) is -0.229. The Morgan fingerprint density at radius 2 is 1.89 bits per heavy atom. The molecule has 14 heteroatoms. The van der Waals surface area contributed by atoms with E-state index < -0.39 is 23.6 Å². The molecule has 2 aromatic heterocycles. The molecule has 0 bridgehead atoms. The number of benzene rings is 2. The van der Waals surface area contributed by atoms with E-state index in [1.54, 1.807) is 24.3 Å². The smallest absolute Gasteiger partial charge is 0.421 e. The van der Waals surface area contributed by atoms with E-state index in [0.29, 0.717) is 82.9 Å². The van der Waals surface area contributed by atoms with E-state index in [9.17, 15) is 23.1 Å². The van der Waals surface area contributed by atoms with Gasteiger partial charge in [0.1, 0.15) is 35.0 Å². The number of aromatic carboxylic acids is 1. The van der Waals surface area contributed by atoms with Crippen LogP contribution in [0.1, 0.15) is 58.0 Å². The molecular weight excluding hydrogens is 629 g/mol. The van der Waals surface area contributed by atoms with Crippen LogP contribution in [0.25, 0.3) is 11.0 Å². The standard InChI is InChI=1S/C32H32ClF3N4O6/c1-17-28-18(10-23(32(34,35)36)30(38-28)46-16-19-4-5-21(33)13-25(19)43-2)6-8-39(17)15-27-37-29-24(40(27)14-22-7-9-45-22)11-20(31(41)42)12-26(29)44-3/h4-5,10-13,17,22H,6-9,14-16H2,1-3H3,(H,41,42)/t17-,22-/m0/s1. The zero-order valence-corrected chi connectivity index (χ0v) is 26.1. The fourth-order valence-electron chi connectivity index (χ4n) is 5.91. The van der Waals surface area contributed by atoms with Crippen LogP contribution >= 0.6 is 11.6 Å². The fraction of sp³-hybridized carbons (Fsp3) is 0.406. The number of fused-ring (bicyclic) bond motifs is 2. The van der Waals surface area contributed by atoms with Gasteiger partial charge < -0.3 is 28.6 Å². The number of methoxy groups -OCH3 is 2. The molecule has 244 valence electrons. The first kappa shape index (κ1) is 31.9. The first-order valence-corrected chi connectivity index (χ1v) is 15.1. The van der Waals surface area contributed by atoms with Gasteiger partial charge in [-0.2, -0.15) is 13.2 Å². The van der Waals surface area contributed by atoms with Gasteiger partial charge in [0, 0.05) is 23.7 Å². The highest BCUT2D eigenvalue weighted by atomic mass is 35.5. The number of carboxylic acids is 1. The maximum atomic E-state index is 14.2. The molecule has 10 nitrogen and oxygen atoms in total. The van der Waals surface area contributed by atoms with Gasteiger partial charge in [0.2, 0.25) is 5.88 Å². The summed E-state index contributed by atoms with van der Waals surface area (Å²) in [4.78, 5) is 23.3. The second-order valence-corrected chi connectivity index (χ2v) is 11.7. The molecule has 0 unspecified atom stereocenters. The quantitative estimate of drug-likeness (QED) is 0.209.